The van der Waals surface area contributed by atoms with Gasteiger partial charge < -0.3 is 10.1 Å². The SMILES string of the molecule is CC(=O)N1C/C(=N\O)C2(CC2)C1. The molecule has 4 heteroatoms. The number of carbonyl (C=O) groups excluding carboxylic acids is 1. The Kier molecular flexibility index (Phi) is 1.40. The number of amides is 1. The van der Waals surface area contributed by atoms with Crippen molar-refractivity contribution in [2.24, 2.45) is 10.6 Å². The van der Waals surface area contributed by atoms with Gasteiger partial charge in [-0.3, -0.25) is 4.79 Å². The first-order valence-corrected chi connectivity index (χ1v) is 4.15. The zero-order valence-electron chi connectivity index (χ0n) is 7.08. The Morgan fingerprint density at radius 3 is 2.67 bits per heavy atom. The van der Waals surface area contributed by atoms with Gasteiger partial charge in [-0.05, 0) is 12.8 Å². The third-order valence-corrected chi connectivity index (χ3v) is 2.87. The van der Waals surface area contributed by atoms with Crippen molar-refractivity contribution < 1.29 is 10.0 Å². The van der Waals surface area contributed by atoms with Crippen LogP contribution in [0.3, 0.4) is 0 Å². The van der Waals surface area contributed by atoms with Crippen LogP contribution in [0.2, 0.25) is 0 Å². The van der Waals surface area contributed by atoms with Crippen LogP contribution in [0.4, 0.5) is 0 Å². The van der Waals surface area contributed by atoms with Crippen molar-refractivity contribution >= 4 is 11.6 Å². The van der Waals surface area contributed by atoms with Gasteiger partial charge in [-0.2, -0.15) is 0 Å². The molecule has 1 spiro atoms. The van der Waals surface area contributed by atoms with E-state index in [-0.39, 0.29) is 11.3 Å². The number of rotatable bonds is 0. The van der Waals surface area contributed by atoms with Gasteiger partial charge >= 0.3 is 0 Å². The molecule has 1 heterocycles. The van der Waals surface area contributed by atoms with Crippen LogP contribution >= 0.6 is 0 Å². The second-order valence-corrected chi connectivity index (χ2v) is 3.70. The van der Waals surface area contributed by atoms with Crippen LogP contribution < -0.4 is 0 Å². The van der Waals surface area contributed by atoms with Crippen molar-refractivity contribution in [2.75, 3.05) is 13.1 Å². The van der Waals surface area contributed by atoms with Crippen molar-refractivity contribution in [2.45, 2.75) is 19.8 Å². The van der Waals surface area contributed by atoms with E-state index < -0.39 is 0 Å². The van der Waals surface area contributed by atoms with E-state index in [2.05, 4.69) is 5.16 Å². The number of oxime groups is 1. The summed E-state index contributed by atoms with van der Waals surface area (Å²) in [4.78, 5) is 12.8. The first kappa shape index (κ1) is 7.58. The van der Waals surface area contributed by atoms with Crippen molar-refractivity contribution in [3.63, 3.8) is 0 Å². The molecule has 2 aliphatic rings. The van der Waals surface area contributed by atoms with Gasteiger partial charge in [0.05, 0.1) is 12.3 Å². The maximum Gasteiger partial charge on any atom is 0.219 e. The highest BCUT2D eigenvalue weighted by Crippen LogP contribution is 2.50. The molecule has 1 aliphatic carbocycles. The molecule has 1 N–H and O–H groups in total. The van der Waals surface area contributed by atoms with Crippen molar-refractivity contribution in [3.8, 4) is 0 Å². The molecule has 2 rings (SSSR count). The minimum absolute atomic E-state index is 0.0694. The van der Waals surface area contributed by atoms with E-state index in [4.69, 9.17) is 5.21 Å². The summed E-state index contributed by atoms with van der Waals surface area (Å²) in [5, 5.41) is 11.9. The third-order valence-electron chi connectivity index (χ3n) is 2.87. The Balaban J connectivity index is 2.17. The third kappa shape index (κ3) is 0.906. The molecular weight excluding hydrogens is 156 g/mol. The summed E-state index contributed by atoms with van der Waals surface area (Å²) in [6.07, 6.45) is 2.13. The van der Waals surface area contributed by atoms with E-state index in [9.17, 15) is 4.79 Å². The van der Waals surface area contributed by atoms with Gasteiger partial charge in [0, 0.05) is 18.9 Å². The first-order chi connectivity index (χ1) is 5.68. The number of carbonyl (C=O) groups is 1. The zero-order valence-corrected chi connectivity index (χ0v) is 7.08. The van der Waals surface area contributed by atoms with E-state index in [1.165, 1.54) is 0 Å². The second-order valence-electron chi connectivity index (χ2n) is 3.70. The summed E-state index contributed by atoms with van der Waals surface area (Å²) < 4.78 is 0. The van der Waals surface area contributed by atoms with Crippen molar-refractivity contribution in [1.29, 1.82) is 0 Å². The molecule has 12 heavy (non-hydrogen) atoms. The Hall–Kier alpha value is -1.06. The summed E-state index contributed by atoms with van der Waals surface area (Å²) in [5.41, 5.74) is 0.859. The molecule has 2 fully saturated rings. The molecule has 0 unspecified atom stereocenters. The molecule has 0 aromatic rings. The van der Waals surface area contributed by atoms with Crippen molar-refractivity contribution in [1.82, 2.24) is 4.90 Å². The summed E-state index contributed by atoms with van der Waals surface area (Å²) in [5.74, 6) is 0.0694. The van der Waals surface area contributed by atoms with Gasteiger partial charge in [0.15, 0.2) is 0 Å². The number of nitrogens with zero attached hydrogens (tertiary/aromatic N) is 2. The average molecular weight is 168 g/mol. The van der Waals surface area contributed by atoms with Gasteiger partial charge in [-0.25, -0.2) is 0 Å². The lowest BCUT2D eigenvalue weighted by atomic mass is 10.1. The Labute approximate surface area is 70.8 Å². The van der Waals surface area contributed by atoms with E-state index in [0.29, 0.717) is 6.54 Å². The predicted octanol–water partition coefficient (Wildman–Crippen LogP) is 0.459. The summed E-state index contributed by atoms with van der Waals surface area (Å²) in [7, 11) is 0. The smallest absolute Gasteiger partial charge is 0.219 e. The molecule has 1 saturated heterocycles. The van der Waals surface area contributed by atoms with Crippen LogP contribution in [-0.2, 0) is 4.79 Å². The fourth-order valence-electron chi connectivity index (χ4n) is 1.82. The van der Waals surface area contributed by atoms with Gasteiger partial charge in [-0.15, -0.1) is 0 Å². The molecule has 4 nitrogen and oxygen atoms in total. The standard InChI is InChI=1S/C8H12N2O2/c1-6(11)10-4-7(9-12)8(5-10)2-3-8/h12H,2-5H2,1H3/b9-7+. The van der Waals surface area contributed by atoms with Gasteiger partial charge in [0.2, 0.25) is 5.91 Å². The molecule has 0 aromatic carbocycles. The maximum atomic E-state index is 11.0. The van der Waals surface area contributed by atoms with Crippen LogP contribution in [0, 0.1) is 5.41 Å². The first-order valence-electron chi connectivity index (χ1n) is 4.15. The molecular formula is C8H12N2O2. The Morgan fingerprint density at radius 2 is 2.33 bits per heavy atom. The molecule has 66 valence electrons. The minimum Gasteiger partial charge on any atom is -0.411 e. The number of likely N-dealkylation sites (tertiary alicyclic amines) is 1. The largest absolute Gasteiger partial charge is 0.411 e. The van der Waals surface area contributed by atoms with Crippen molar-refractivity contribution in [3.05, 3.63) is 0 Å². The topological polar surface area (TPSA) is 52.9 Å². The number of hydrogen-bond acceptors (Lipinski definition) is 3. The lowest BCUT2D eigenvalue weighted by Crippen LogP contribution is -2.26. The van der Waals surface area contributed by atoms with Crippen LogP contribution in [-0.4, -0.2) is 34.8 Å². The molecule has 0 bridgehead atoms. The highest BCUT2D eigenvalue weighted by atomic mass is 16.4. The van der Waals surface area contributed by atoms with E-state index >= 15 is 0 Å². The lowest BCUT2D eigenvalue weighted by Gasteiger charge is -2.11. The quantitative estimate of drug-likeness (QED) is 0.422. The molecule has 0 radical (unpaired) electrons. The zero-order chi connectivity index (χ0) is 8.77. The fraction of sp³-hybridized carbons (Fsp3) is 0.750. The summed E-state index contributed by atoms with van der Waals surface area (Å²) >= 11 is 0. The molecule has 1 saturated carbocycles. The highest BCUT2D eigenvalue weighted by Gasteiger charge is 2.54. The Morgan fingerprint density at radius 1 is 1.67 bits per heavy atom. The van der Waals surface area contributed by atoms with Gasteiger partial charge in [-0.1, -0.05) is 5.16 Å². The lowest BCUT2D eigenvalue weighted by molar-refractivity contribution is -0.127. The normalized spacial score (nSPS) is 28.4. The minimum atomic E-state index is 0.0694. The fourth-order valence-corrected chi connectivity index (χ4v) is 1.82. The van der Waals surface area contributed by atoms with E-state index in [1.54, 1.807) is 11.8 Å². The van der Waals surface area contributed by atoms with Crippen LogP contribution in [0.25, 0.3) is 0 Å². The summed E-state index contributed by atoms with van der Waals surface area (Å²) in [6.45, 7) is 2.82. The Bertz CT molecular complexity index is 256. The van der Waals surface area contributed by atoms with E-state index in [0.717, 1.165) is 25.1 Å². The van der Waals surface area contributed by atoms with Gasteiger partial charge in [0.1, 0.15) is 0 Å². The maximum absolute atomic E-state index is 11.0. The number of hydrogen-bond donors (Lipinski definition) is 1. The van der Waals surface area contributed by atoms with Crippen LogP contribution in [0.1, 0.15) is 19.8 Å². The monoisotopic (exact) mass is 168 g/mol. The molecule has 0 aromatic heterocycles. The van der Waals surface area contributed by atoms with Crippen LogP contribution in [0.5, 0.6) is 0 Å². The molecule has 1 amide bonds. The average Bonchev–Trinajstić information content (AvgIpc) is 2.64. The molecule has 1 aliphatic heterocycles. The van der Waals surface area contributed by atoms with Crippen LogP contribution in [0.15, 0.2) is 5.16 Å². The van der Waals surface area contributed by atoms with E-state index in [1.807, 2.05) is 0 Å². The predicted molar refractivity (Wildman–Crippen MR) is 43.1 cm³/mol. The second kappa shape index (κ2) is 2.21. The summed E-state index contributed by atoms with van der Waals surface area (Å²) in [6, 6.07) is 0. The molecule has 0 atom stereocenters. The van der Waals surface area contributed by atoms with Gasteiger partial charge in [0.25, 0.3) is 0 Å². The highest BCUT2D eigenvalue weighted by molar-refractivity contribution is 5.99.